The smallest absolute Gasteiger partial charge is 0.410 e. The molecule has 0 aliphatic carbocycles. The zero-order valence-electron chi connectivity index (χ0n) is 14.3. The van der Waals surface area contributed by atoms with Crippen LogP contribution in [-0.2, 0) is 9.47 Å². The van der Waals surface area contributed by atoms with E-state index in [-0.39, 0.29) is 6.09 Å². The number of hydrogen-bond acceptors (Lipinski definition) is 4. The average Bonchev–Trinajstić information content (AvgIpc) is 2.44. The van der Waals surface area contributed by atoms with E-state index in [1.165, 1.54) is 38.8 Å². The maximum atomic E-state index is 12.1. The first-order valence-corrected chi connectivity index (χ1v) is 8.67. The Labute approximate surface area is 133 Å². The lowest BCUT2D eigenvalue weighted by molar-refractivity contribution is -0.0704. The van der Waals surface area contributed by atoms with Gasteiger partial charge in [0.15, 0.2) is 0 Å². The van der Waals surface area contributed by atoms with Crippen molar-refractivity contribution in [3.05, 3.63) is 0 Å². The number of rotatable bonds is 1. The topological polar surface area (TPSA) is 42.0 Å². The molecule has 0 N–H and O–H groups in total. The number of hydrogen-bond donors (Lipinski definition) is 0. The van der Waals surface area contributed by atoms with Crippen molar-refractivity contribution in [3.63, 3.8) is 0 Å². The summed E-state index contributed by atoms with van der Waals surface area (Å²) in [7, 11) is 0. The van der Waals surface area contributed by atoms with E-state index >= 15 is 0 Å². The van der Waals surface area contributed by atoms with Gasteiger partial charge in [0.05, 0.1) is 0 Å². The Kier molecular flexibility index (Phi) is 4.38. The first-order chi connectivity index (χ1) is 10.4. The number of ether oxygens (including phenoxy) is 2. The second kappa shape index (κ2) is 6.00. The van der Waals surface area contributed by atoms with E-state index in [4.69, 9.17) is 9.47 Å². The van der Waals surface area contributed by atoms with Crippen molar-refractivity contribution in [2.45, 2.75) is 58.1 Å². The normalized spacial score (nSPS) is 26.8. The van der Waals surface area contributed by atoms with Gasteiger partial charge < -0.3 is 19.3 Å². The molecule has 3 rings (SSSR count). The minimum atomic E-state index is -0.397. The van der Waals surface area contributed by atoms with Gasteiger partial charge in [0.1, 0.15) is 5.60 Å². The van der Waals surface area contributed by atoms with Gasteiger partial charge in [0.2, 0.25) is 0 Å². The van der Waals surface area contributed by atoms with Crippen LogP contribution in [0.15, 0.2) is 0 Å². The Morgan fingerprint density at radius 1 is 1.14 bits per heavy atom. The number of carbonyl (C=O) groups is 1. The van der Waals surface area contributed by atoms with Crippen LogP contribution in [-0.4, -0.2) is 66.9 Å². The second-order valence-electron chi connectivity index (χ2n) is 8.22. The molecule has 1 amide bonds. The minimum absolute atomic E-state index is 0.148. The summed E-state index contributed by atoms with van der Waals surface area (Å²) >= 11 is 0. The molecule has 0 aromatic rings. The Morgan fingerprint density at radius 3 is 2.27 bits per heavy atom. The lowest BCUT2D eigenvalue weighted by Gasteiger charge is -2.54. The molecule has 0 unspecified atom stereocenters. The number of carbonyl (C=O) groups excluding carboxylic acids is 1. The van der Waals surface area contributed by atoms with Gasteiger partial charge in [-0.15, -0.1) is 0 Å². The van der Waals surface area contributed by atoms with Gasteiger partial charge in [-0.1, -0.05) is 0 Å². The molecule has 3 aliphatic heterocycles. The van der Waals surface area contributed by atoms with Gasteiger partial charge in [-0.05, 0) is 59.5 Å². The van der Waals surface area contributed by atoms with E-state index in [1.54, 1.807) is 0 Å². The molecule has 5 heteroatoms. The molecule has 0 radical (unpaired) electrons. The van der Waals surface area contributed by atoms with Crippen LogP contribution in [0.2, 0.25) is 0 Å². The lowest BCUT2D eigenvalue weighted by atomic mass is 9.72. The van der Waals surface area contributed by atoms with Crippen molar-refractivity contribution in [2.24, 2.45) is 5.41 Å². The van der Waals surface area contributed by atoms with Crippen LogP contribution < -0.4 is 0 Å². The number of piperidine rings is 1. The van der Waals surface area contributed by atoms with E-state index in [1.807, 2.05) is 25.7 Å². The number of likely N-dealkylation sites (tertiary alicyclic amines) is 2. The van der Waals surface area contributed by atoms with Crippen LogP contribution in [0.5, 0.6) is 0 Å². The molecule has 3 fully saturated rings. The van der Waals surface area contributed by atoms with Crippen molar-refractivity contribution < 1.29 is 14.3 Å². The Bertz CT molecular complexity index is 397. The lowest BCUT2D eigenvalue weighted by Crippen LogP contribution is -2.63. The third kappa shape index (κ3) is 3.57. The summed E-state index contributed by atoms with van der Waals surface area (Å²) in [6, 6.07) is 0.716. The molecule has 126 valence electrons. The number of nitrogens with zero attached hydrogens (tertiary/aromatic N) is 2. The molecule has 0 bridgehead atoms. The first kappa shape index (κ1) is 16.1. The van der Waals surface area contributed by atoms with E-state index in [9.17, 15) is 4.79 Å². The van der Waals surface area contributed by atoms with Gasteiger partial charge in [-0.3, -0.25) is 0 Å². The third-order valence-corrected chi connectivity index (χ3v) is 5.27. The monoisotopic (exact) mass is 310 g/mol. The highest BCUT2D eigenvalue weighted by molar-refractivity contribution is 5.69. The van der Waals surface area contributed by atoms with Crippen LogP contribution in [0.4, 0.5) is 4.79 Å². The van der Waals surface area contributed by atoms with Crippen LogP contribution in [0, 0.1) is 5.41 Å². The van der Waals surface area contributed by atoms with Crippen LogP contribution in [0.3, 0.4) is 0 Å². The summed E-state index contributed by atoms with van der Waals surface area (Å²) in [5.41, 5.74) is -0.0369. The van der Waals surface area contributed by atoms with E-state index in [0.29, 0.717) is 11.5 Å². The van der Waals surface area contributed by atoms with Crippen molar-refractivity contribution in [1.82, 2.24) is 9.80 Å². The van der Waals surface area contributed by atoms with Gasteiger partial charge in [-0.2, -0.15) is 0 Å². The fourth-order valence-electron chi connectivity index (χ4n) is 3.95. The van der Waals surface area contributed by atoms with Crippen LogP contribution in [0.25, 0.3) is 0 Å². The predicted molar refractivity (Wildman–Crippen MR) is 84.9 cm³/mol. The summed E-state index contributed by atoms with van der Waals surface area (Å²) in [6.45, 7) is 11.7. The van der Waals surface area contributed by atoms with E-state index in [0.717, 1.165) is 26.3 Å². The molecule has 22 heavy (non-hydrogen) atoms. The zero-order valence-corrected chi connectivity index (χ0v) is 14.3. The average molecular weight is 310 g/mol. The second-order valence-corrected chi connectivity index (χ2v) is 8.22. The van der Waals surface area contributed by atoms with Gasteiger partial charge in [0, 0.05) is 37.8 Å². The molecule has 3 saturated heterocycles. The molecule has 0 aromatic carbocycles. The van der Waals surface area contributed by atoms with Crippen molar-refractivity contribution in [2.75, 3.05) is 39.4 Å². The fourth-order valence-corrected chi connectivity index (χ4v) is 3.95. The van der Waals surface area contributed by atoms with Crippen molar-refractivity contribution >= 4 is 6.09 Å². The quantitative estimate of drug-likeness (QED) is 0.746. The van der Waals surface area contributed by atoms with Crippen LogP contribution in [0.1, 0.15) is 46.5 Å². The summed E-state index contributed by atoms with van der Waals surface area (Å²) in [5, 5.41) is 0. The summed E-state index contributed by atoms with van der Waals surface area (Å²) < 4.78 is 10.9. The Hall–Kier alpha value is -0.810. The number of amides is 1. The van der Waals surface area contributed by atoms with Gasteiger partial charge in [0.25, 0.3) is 0 Å². The summed E-state index contributed by atoms with van der Waals surface area (Å²) in [4.78, 5) is 16.6. The molecule has 1 spiro atoms. The molecule has 5 nitrogen and oxygen atoms in total. The highest BCUT2D eigenvalue weighted by atomic mass is 16.6. The van der Waals surface area contributed by atoms with Gasteiger partial charge >= 0.3 is 6.09 Å². The zero-order chi connectivity index (χ0) is 15.8. The fraction of sp³-hybridized carbons (Fsp3) is 0.941. The molecular formula is C17H30N2O3. The van der Waals surface area contributed by atoms with Crippen LogP contribution >= 0.6 is 0 Å². The highest BCUT2D eigenvalue weighted by Crippen LogP contribution is 2.41. The molecule has 3 heterocycles. The Balaban J connectivity index is 1.44. The first-order valence-electron chi connectivity index (χ1n) is 8.67. The highest BCUT2D eigenvalue weighted by Gasteiger charge is 2.48. The summed E-state index contributed by atoms with van der Waals surface area (Å²) in [6.07, 6.45) is 4.63. The van der Waals surface area contributed by atoms with Crippen molar-refractivity contribution in [3.8, 4) is 0 Å². The molecule has 3 aliphatic rings. The van der Waals surface area contributed by atoms with Gasteiger partial charge in [-0.25, -0.2) is 4.79 Å². The molecule has 0 aromatic heterocycles. The largest absolute Gasteiger partial charge is 0.444 e. The molecule has 0 atom stereocenters. The maximum absolute atomic E-state index is 12.1. The maximum Gasteiger partial charge on any atom is 0.410 e. The van der Waals surface area contributed by atoms with Crippen molar-refractivity contribution in [1.29, 1.82) is 0 Å². The molecular weight excluding hydrogens is 280 g/mol. The Morgan fingerprint density at radius 2 is 1.73 bits per heavy atom. The summed E-state index contributed by atoms with van der Waals surface area (Å²) in [5.74, 6) is 0. The van der Waals surface area contributed by atoms with E-state index < -0.39 is 5.60 Å². The predicted octanol–water partition coefficient (Wildman–Crippen LogP) is 2.50. The minimum Gasteiger partial charge on any atom is -0.444 e. The standard InChI is InChI=1S/C17H30N2O3/c1-16(2,3)22-15(20)19-12-17(13-19)6-8-18(9-7-17)14-4-10-21-11-5-14/h14H,4-13H2,1-3H3. The van der Waals surface area contributed by atoms with E-state index in [2.05, 4.69) is 4.90 Å². The SMILES string of the molecule is CC(C)(C)OC(=O)N1CC2(CCN(C3CCOCC3)CC2)C1. The third-order valence-electron chi connectivity index (χ3n) is 5.27. The molecule has 0 saturated carbocycles.